The van der Waals surface area contributed by atoms with Crippen molar-refractivity contribution in [2.75, 3.05) is 19.6 Å². The van der Waals surface area contributed by atoms with E-state index >= 15 is 0 Å². The van der Waals surface area contributed by atoms with Gasteiger partial charge in [0.1, 0.15) is 0 Å². The summed E-state index contributed by atoms with van der Waals surface area (Å²) in [4.78, 5) is 24.9. The van der Waals surface area contributed by atoms with Gasteiger partial charge in [0.05, 0.1) is 0 Å². The molecular formula is C13H25N3O2. The van der Waals surface area contributed by atoms with Crippen LogP contribution in [0.15, 0.2) is 0 Å². The van der Waals surface area contributed by atoms with Gasteiger partial charge in [-0.3, -0.25) is 9.59 Å². The van der Waals surface area contributed by atoms with Crippen LogP contribution in [0.25, 0.3) is 0 Å². The fourth-order valence-electron chi connectivity index (χ4n) is 2.25. The molecular weight excluding hydrogens is 230 g/mol. The summed E-state index contributed by atoms with van der Waals surface area (Å²) in [5, 5.41) is 2.89. The lowest BCUT2D eigenvalue weighted by Crippen LogP contribution is -2.49. The van der Waals surface area contributed by atoms with Gasteiger partial charge >= 0.3 is 0 Å². The number of hydrogen-bond acceptors (Lipinski definition) is 3. The SMILES string of the molecule is CC(=O)NC1CCCN(C(=O)CCC(C)CN)C1. The number of amides is 2. The summed E-state index contributed by atoms with van der Waals surface area (Å²) in [5.74, 6) is 0.557. The van der Waals surface area contributed by atoms with Crippen molar-refractivity contribution in [3.63, 3.8) is 0 Å². The number of likely N-dealkylation sites (tertiary alicyclic amines) is 1. The molecule has 2 atom stereocenters. The van der Waals surface area contributed by atoms with Crippen molar-refractivity contribution >= 4 is 11.8 Å². The molecule has 1 rings (SSSR count). The number of nitrogens with one attached hydrogen (secondary N) is 1. The highest BCUT2D eigenvalue weighted by Gasteiger charge is 2.23. The van der Waals surface area contributed by atoms with E-state index in [0.717, 1.165) is 25.8 Å². The van der Waals surface area contributed by atoms with E-state index in [-0.39, 0.29) is 17.9 Å². The maximum absolute atomic E-state index is 12.0. The number of piperidine rings is 1. The number of nitrogens with zero attached hydrogens (tertiary/aromatic N) is 1. The molecule has 2 amide bonds. The minimum atomic E-state index is -0.0222. The lowest BCUT2D eigenvalue weighted by molar-refractivity contribution is -0.133. The first-order chi connectivity index (χ1) is 8.52. The van der Waals surface area contributed by atoms with Crippen LogP contribution in [0.2, 0.25) is 0 Å². The van der Waals surface area contributed by atoms with Gasteiger partial charge in [0.15, 0.2) is 0 Å². The first-order valence-electron chi connectivity index (χ1n) is 6.78. The summed E-state index contributed by atoms with van der Waals surface area (Å²) < 4.78 is 0. The van der Waals surface area contributed by atoms with E-state index in [4.69, 9.17) is 5.73 Å². The zero-order valence-corrected chi connectivity index (χ0v) is 11.4. The monoisotopic (exact) mass is 255 g/mol. The van der Waals surface area contributed by atoms with Gasteiger partial charge in [-0.25, -0.2) is 0 Å². The van der Waals surface area contributed by atoms with Crippen LogP contribution in [-0.2, 0) is 9.59 Å². The smallest absolute Gasteiger partial charge is 0.222 e. The Hall–Kier alpha value is -1.10. The Morgan fingerprint density at radius 1 is 1.50 bits per heavy atom. The van der Waals surface area contributed by atoms with E-state index in [1.54, 1.807) is 0 Å². The largest absolute Gasteiger partial charge is 0.352 e. The standard InChI is InChI=1S/C13H25N3O2/c1-10(8-14)5-6-13(18)16-7-3-4-12(9-16)15-11(2)17/h10,12H,3-9,14H2,1-2H3,(H,15,17). The third kappa shape index (κ3) is 5.04. The first kappa shape index (κ1) is 15.0. The first-order valence-corrected chi connectivity index (χ1v) is 6.78. The average molecular weight is 255 g/mol. The lowest BCUT2D eigenvalue weighted by atomic mass is 10.0. The molecule has 2 unspecified atom stereocenters. The van der Waals surface area contributed by atoms with Crippen LogP contribution in [0.4, 0.5) is 0 Å². The second kappa shape index (κ2) is 7.36. The maximum atomic E-state index is 12.0. The van der Waals surface area contributed by atoms with Crippen molar-refractivity contribution in [2.45, 2.75) is 45.6 Å². The van der Waals surface area contributed by atoms with Crippen molar-refractivity contribution < 1.29 is 9.59 Å². The highest BCUT2D eigenvalue weighted by molar-refractivity contribution is 5.77. The fraction of sp³-hybridized carbons (Fsp3) is 0.846. The van der Waals surface area contributed by atoms with Crippen LogP contribution in [0.3, 0.4) is 0 Å². The molecule has 0 spiro atoms. The minimum Gasteiger partial charge on any atom is -0.352 e. The molecule has 1 fully saturated rings. The molecule has 0 radical (unpaired) electrons. The summed E-state index contributed by atoms with van der Waals surface area (Å²) in [6.07, 6.45) is 3.33. The minimum absolute atomic E-state index is 0.0222. The number of carbonyl (C=O) groups excluding carboxylic acids is 2. The van der Waals surface area contributed by atoms with E-state index in [2.05, 4.69) is 12.2 Å². The Morgan fingerprint density at radius 2 is 2.22 bits per heavy atom. The molecule has 1 heterocycles. The second-order valence-corrected chi connectivity index (χ2v) is 5.26. The van der Waals surface area contributed by atoms with Crippen LogP contribution in [-0.4, -0.2) is 42.4 Å². The molecule has 0 aromatic rings. The molecule has 3 N–H and O–H groups in total. The molecule has 0 aromatic heterocycles. The predicted octanol–water partition coefficient (Wildman–Crippen LogP) is 0.489. The van der Waals surface area contributed by atoms with Gasteiger partial charge in [0, 0.05) is 32.5 Å². The van der Waals surface area contributed by atoms with Gasteiger partial charge in [-0.1, -0.05) is 6.92 Å². The van der Waals surface area contributed by atoms with Crippen molar-refractivity contribution in [2.24, 2.45) is 11.7 Å². The quantitative estimate of drug-likeness (QED) is 0.750. The van der Waals surface area contributed by atoms with Crippen LogP contribution in [0.1, 0.15) is 39.5 Å². The van der Waals surface area contributed by atoms with E-state index in [1.165, 1.54) is 6.92 Å². The Bertz CT molecular complexity index is 294. The highest BCUT2D eigenvalue weighted by atomic mass is 16.2. The summed E-state index contributed by atoms with van der Waals surface area (Å²) in [5.41, 5.74) is 5.54. The van der Waals surface area contributed by atoms with Gasteiger partial charge in [0.25, 0.3) is 0 Å². The maximum Gasteiger partial charge on any atom is 0.222 e. The molecule has 1 aliphatic rings. The summed E-state index contributed by atoms with van der Waals surface area (Å²) in [6, 6.07) is 0.118. The Kier molecular flexibility index (Phi) is 6.12. The fourth-order valence-corrected chi connectivity index (χ4v) is 2.25. The molecule has 104 valence electrons. The van der Waals surface area contributed by atoms with E-state index in [9.17, 15) is 9.59 Å². The van der Waals surface area contributed by atoms with E-state index in [0.29, 0.717) is 25.4 Å². The Morgan fingerprint density at radius 3 is 2.83 bits per heavy atom. The normalized spacial score (nSPS) is 21.5. The van der Waals surface area contributed by atoms with Gasteiger partial charge in [0.2, 0.25) is 11.8 Å². The summed E-state index contributed by atoms with van der Waals surface area (Å²) >= 11 is 0. The highest BCUT2D eigenvalue weighted by Crippen LogP contribution is 2.13. The number of nitrogens with two attached hydrogens (primary N) is 1. The third-order valence-corrected chi connectivity index (χ3v) is 3.43. The van der Waals surface area contributed by atoms with Gasteiger partial charge in [-0.15, -0.1) is 0 Å². The summed E-state index contributed by atoms with van der Waals surface area (Å²) in [6.45, 7) is 5.66. The Labute approximate surface area is 109 Å². The molecule has 5 heteroatoms. The molecule has 0 aliphatic carbocycles. The van der Waals surface area contributed by atoms with Crippen LogP contribution in [0, 0.1) is 5.92 Å². The zero-order chi connectivity index (χ0) is 13.5. The lowest BCUT2D eigenvalue weighted by Gasteiger charge is -2.33. The molecule has 0 bridgehead atoms. The topological polar surface area (TPSA) is 75.4 Å². The van der Waals surface area contributed by atoms with Crippen molar-refractivity contribution in [3.05, 3.63) is 0 Å². The van der Waals surface area contributed by atoms with Crippen molar-refractivity contribution in [1.29, 1.82) is 0 Å². The molecule has 1 saturated heterocycles. The molecule has 18 heavy (non-hydrogen) atoms. The molecule has 1 aliphatic heterocycles. The molecule has 0 saturated carbocycles. The zero-order valence-electron chi connectivity index (χ0n) is 11.4. The number of hydrogen-bond donors (Lipinski definition) is 2. The van der Waals surface area contributed by atoms with Gasteiger partial charge < -0.3 is 16.0 Å². The number of carbonyl (C=O) groups is 2. The number of rotatable bonds is 5. The Balaban J connectivity index is 2.36. The summed E-state index contributed by atoms with van der Waals surface area (Å²) in [7, 11) is 0. The van der Waals surface area contributed by atoms with Crippen LogP contribution < -0.4 is 11.1 Å². The van der Waals surface area contributed by atoms with E-state index < -0.39 is 0 Å². The molecule has 5 nitrogen and oxygen atoms in total. The van der Waals surface area contributed by atoms with Crippen LogP contribution >= 0.6 is 0 Å². The van der Waals surface area contributed by atoms with Crippen molar-refractivity contribution in [1.82, 2.24) is 10.2 Å². The van der Waals surface area contributed by atoms with Gasteiger partial charge in [-0.2, -0.15) is 0 Å². The van der Waals surface area contributed by atoms with E-state index in [1.807, 2.05) is 4.90 Å². The van der Waals surface area contributed by atoms with Crippen LogP contribution in [0.5, 0.6) is 0 Å². The average Bonchev–Trinajstić information content (AvgIpc) is 2.35. The predicted molar refractivity (Wildman–Crippen MR) is 70.9 cm³/mol. The third-order valence-electron chi connectivity index (χ3n) is 3.43. The van der Waals surface area contributed by atoms with Crippen molar-refractivity contribution in [3.8, 4) is 0 Å². The van der Waals surface area contributed by atoms with Gasteiger partial charge in [-0.05, 0) is 31.7 Å². The molecule has 0 aromatic carbocycles. The second-order valence-electron chi connectivity index (χ2n) is 5.26.